The highest BCUT2D eigenvalue weighted by Gasteiger charge is 2.14. The van der Waals surface area contributed by atoms with Crippen LogP contribution in [0.2, 0.25) is 0 Å². The fourth-order valence-electron chi connectivity index (χ4n) is 2.90. The van der Waals surface area contributed by atoms with Gasteiger partial charge in [-0.05, 0) is 63.3 Å². The van der Waals surface area contributed by atoms with Crippen LogP contribution in [0.1, 0.15) is 38.2 Å². The number of carbonyl (C=O) groups excluding carboxylic acids is 1. The van der Waals surface area contributed by atoms with Crippen molar-refractivity contribution in [2.24, 2.45) is 0 Å². The monoisotopic (exact) mass is 319 g/mol. The van der Waals surface area contributed by atoms with Crippen LogP contribution < -0.4 is 15.5 Å². The van der Waals surface area contributed by atoms with Crippen LogP contribution in [0.5, 0.6) is 0 Å². The van der Waals surface area contributed by atoms with Crippen LogP contribution >= 0.6 is 0 Å². The van der Waals surface area contributed by atoms with Crippen molar-refractivity contribution in [3.63, 3.8) is 0 Å². The number of carbonyl (C=O) groups is 1. The van der Waals surface area contributed by atoms with Gasteiger partial charge in [0.15, 0.2) is 0 Å². The molecule has 2 rings (SSSR count). The summed E-state index contributed by atoms with van der Waals surface area (Å²) in [7, 11) is 0. The Bertz CT molecular complexity index is 499. The van der Waals surface area contributed by atoms with Crippen molar-refractivity contribution in [2.45, 2.75) is 39.5 Å². The third kappa shape index (κ3) is 5.75. The molecule has 1 heterocycles. The molecule has 0 bridgehead atoms. The number of hydrogen-bond acceptors (Lipinski definition) is 3. The van der Waals surface area contributed by atoms with E-state index < -0.39 is 0 Å². The standard InChI is InChI=1S/C18H29N3O2/c1-3-23-13-7-4-10-19-18(22)20-16-8-9-17(15(2)14-16)21-11-5-6-12-21/h8-9,14H,3-7,10-13H2,1-2H3,(H2,19,20,22). The number of hydrogen-bond donors (Lipinski definition) is 2. The Morgan fingerprint density at radius 1 is 1.26 bits per heavy atom. The fourth-order valence-corrected chi connectivity index (χ4v) is 2.90. The van der Waals surface area contributed by atoms with E-state index in [2.05, 4.69) is 28.5 Å². The van der Waals surface area contributed by atoms with E-state index in [1.165, 1.54) is 24.1 Å². The molecule has 5 nitrogen and oxygen atoms in total. The highest BCUT2D eigenvalue weighted by molar-refractivity contribution is 5.89. The van der Waals surface area contributed by atoms with E-state index in [0.29, 0.717) is 6.54 Å². The smallest absolute Gasteiger partial charge is 0.319 e. The van der Waals surface area contributed by atoms with Gasteiger partial charge in [-0.15, -0.1) is 0 Å². The van der Waals surface area contributed by atoms with Gasteiger partial charge in [0.2, 0.25) is 0 Å². The van der Waals surface area contributed by atoms with Gasteiger partial charge >= 0.3 is 6.03 Å². The molecule has 2 N–H and O–H groups in total. The fraction of sp³-hybridized carbons (Fsp3) is 0.611. The van der Waals surface area contributed by atoms with Crippen LogP contribution in [0.4, 0.5) is 16.2 Å². The number of anilines is 2. The SMILES string of the molecule is CCOCCCCNC(=O)Nc1ccc(N2CCCC2)c(C)c1. The molecule has 1 aliphatic rings. The first-order valence-corrected chi connectivity index (χ1v) is 8.69. The minimum absolute atomic E-state index is 0.144. The Morgan fingerprint density at radius 2 is 2.04 bits per heavy atom. The predicted octanol–water partition coefficient (Wildman–Crippen LogP) is 3.53. The summed E-state index contributed by atoms with van der Waals surface area (Å²) in [4.78, 5) is 14.3. The lowest BCUT2D eigenvalue weighted by molar-refractivity contribution is 0.143. The van der Waals surface area contributed by atoms with Gasteiger partial charge < -0.3 is 20.3 Å². The molecule has 1 saturated heterocycles. The maximum absolute atomic E-state index is 11.9. The van der Waals surface area contributed by atoms with Gasteiger partial charge in [-0.1, -0.05) is 0 Å². The molecule has 128 valence electrons. The van der Waals surface area contributed by atoms with Crippen LogP contribution in [0.3, 0.4) is 0 Å². The molecule has 1 aromatic rings. The van der Waals surface area contributed by atoms with Crippen molar-refractivity contribution in [2.75, 3.05) is 43.1 Å². The highest BCUT2D eigenvalue weighted by atomic mass is 16.5. The van der Waals surface area contributed by atoms with E-state index in [9.17, 15) is 4.79 Å². The van der Waals surface area contributed by atoms with Crippen molar-refractivity contribution in [1.29, 1.82) is 0 Å². The number of aryl methyl sites for hydroxylation is 1. The molecule has 2 amide bonds. The largest absolute Gasteiger partial charge is 0.382 e. The van der Waals surface area contributed by atoms with Gasteiger partial charge in [-0.3, -0.25) is 0 Å². The summed E-state index contributed by atoms with van der Waals surface area (Å²) in [5, 5.41) is 5.78. The van der Waals surface area contributed by atoms with Gasteiger partial charge in [0.25, 0.3) is 0 Å². The van der Waals surface area contributed by atoms with Gasteiger partial charge in [0.05, 0.1) is 0 Å². The summed E-state index contributed by atoms with van der Waals surface area (Å²) in [6.07, 6.45) is 4.44. The second-order valence-corrected chi connectivity index (χ2v) is 5.98. The number of amides is 2. The molecule has 0 radical (unpaired) electrons. The van der Waals surface area contributed by atoms with Gasteiger partial charge in [-0.2, -0.15) is 0 Å². The van der Waals surface area contributed by atoms with E-state index in [1.54, 1.807) is 0 Å². The maximum Gasteiger partial charge on any atom is 0.319 e. The van der Waals surface area contributed by atoms with Gasteiger partial charge in [-0.25, -0.2) is 4.79 Å². The minimum atomic E-state index is -0.144. The molecule has 0 aromatic heterocycles. The molecule has 23 heavy (non-hydrogen) atoms. The topological polar surface area (TPSA) is 53.6 Å². The van der Waals surface area contributed by atoms with Crippen molar-refractivity contribution in [3.05, 3.63) is 23.8 Å². The first-order valence-electron chi connectivity index (χ1n) is 8.69. The molecule has 1 aromatic carbocycles. The zero-order chi connectivity index (χ0) is 16.5. The molecule has 5 heteroatoms. The third-order valence-electron chi connectivity index (χ3n) is 4.11. The first-order chi connectivity index (χ1) is 11.2. The lowest BCUT2D eigenvalue weighted by Gasteiger charge is -2.20. The summed E-state index contributed by atoms with van der Waals surface area (Å²) in [6, 6.07) is 5.99. The average molecular weight is 319 g/mol. The molecule has 1 fully saturated rings. The molecule has 0 aliphatic carbocycles. The number of benzene rings is 1. The average Bonchev–Trinajstić information content (AvgIpc) is 3.05. The normalized spacial score (nSPS) is 14.1. The summed E-state index contributed by atoms with van der Waals surface area (Å²) in [5.41, 5.74) is 3.34. The van der Waals surface area contributed by atoms with Crippen molar-refractivity contribution >= 4 is 17.4 Å². The van der Waals surface area contributed by atoms with Crippen molar-refractivity contribution < 1.29 is 9.53 Å². The first kappa shape index (κ1) is 17.6. The number of nitrogens with zero attached hydrogens (tertiary/aromatic N) is 1. The van der Waals surface area contributed by atoms with E-state index in [0.717, 1.165) is 44.8 Å². The number of ether oxygens (including phenoxy) is 1. The second kappa shape index (κ2) is 9.40. The number of unbranched alkanes of at least 4 members (excludes halogenated alkanes) is 1. The highest BCUT2D eigenvalue weighted by Crippen LogP contribution is 2.26. The lowest BCUT2D eigenvalue weighted by Crippen LogP contribution is -2.29. The van der Waals surface area contributed by atoms with E-state index in [-0.39, 0.29) is 6.03 Å². The zero-order valence-corrected chi connectivity index (χ0v) is 14.4. The Kier molecular flexibility index (Phi) is 7.20. The van der Waals surface area contributed by atoms with E-state index in [1.807, 2.05) is 19.1 Å². The molecular formula is C18H29N3O2. The summed E-state index contributed by atoms with van der Waals surface area (Å²) < 4.78 is 5.27. The van der Waals surface area contributed by atoms with Crippen molar-refractivity contribution in [3.8, 4) is 0 Å². The van der Waals surface area contributed by atoms with Gasteiger partial charge in [0, 0.05) is 44.2 Å². The Hall–Kier alpha value is -1.75. The maximum atomic E-state index is 11.9. The molecule has 0 unspecified atom stereocenters. The molecule has 1 aliphatic heterocycles. The number of urea groups is 1. The van der Waals surface area contributed by atoms with Gasteiger partial charge in [0.1, 0.15) is 0 Å². The van der Waals surface area contributed by atoms with Crippen LogP contribution in [0.25, 0.3) is 0 Å². The zero-order valence-electron chi connectivity index (χ0n) is 14.4. The Balaban J connectivity index is 1.74. The lowest BCUT2D eigenvalue weighted by atomic mass is 10.1. The Morgan fingerprint density at radius 3 is 2.74 bits per heavy atom. The molecule has 0 saturated carbocycles. The predicted molar refractivity (Wildman–Crippen MR) is 95.4 cm³/mol. The third-order valence-corrected chi connectivity index (χ3v) is 4.11. The van der Waals surface area contributed by atoms with E-state index in [4.69, 9.17) is 4.74 Å². The molecular weight excluding hydrogens is 290 g/mol. The summed E-state index contributed by atoms with van der Waals surface area (Å²) in [5.74, 6) is 0. The Labute approximate surface area is 139 Å². The number of nitrogens with one attached hydrogen (secondary N) is 2. The van der Waals surface area contributed by atoms with Crippen molar-refractivity contribution in [1.82, 2.24) is 5.32 Å². The minimum Gasteiger partial charge on any atom is -0.382 e. The van der Waals surface area contributed by atoms with Crippen LogP contribution in [-0.4, -0.2) is 38.9 Å². The summed E-state index contributed by atoms with van der Waals surface area (Å²) >= 11 is 0. The second-order valence-electron chi connectivity index (χ2n) is 5.98. The van der Waals surface area contributed by atoms with Crippen LogP contribution in [0, 0.1) is 6.92 Å². The van der Waals surface area contributed by atoms with Crippen LogP contribution in [-0.2, 0) is 4.74 Å². The van der Waals surface area contributed by atoms with Crippen LogP contribution in [0.15, 0.2) is 18.2 Å². The van der Waals surface area contributed by atoms with E-state index >= 15 is 0 Å². The molecule has 0 atom stereocenters. The summed E-state index contributed by atoms with van der Waals surface area (Å²) in [6.45, 7) is 8.54. The quantitative estimate of drug-likeness (QED) is 0.721. The number of rotatable bonds is 8. The molecule has 0 spiro atoms.